The largest absolute Gasteiger partial charge is 0.371 e. The van der Waals surface area contributed by atoms with E-state index in [1.54, 1.807) is 0 Å². The highest BCUT2D eigenvalue weighted by Gasteiger charge is 2.54. The number of nitro benzene ring substituents is 1. The molecule has 21 heavy (non-hydrogen) atoms. The summed E-state index contributed by atoms with van der Waals surface area (Å²) in [4.78, 5) is 20.8. The van der Waals surface area contributed by atoms with Crippen LogP contribution in [0, 0.1) is 15.9 Å². The van der Waals surface area contributed by atoms with Crippen LogP contribution in [0.1, 0.15) is 0 Å². The van der Waals surface area contributed by atoms with Gasteiger partial charge in [0.1, 0.15) is 5.82 Å². The fraction of sp³-hybridized carbons (Fsp3) is 0.300. The third-order valence-corrected chi connectivity index (χ3v) is 2.44. The Morgan fingerprint density at radius 2 is 1.81 bits per heavy atom. The summed E-state index contributed by atoms with van der Waals surface area (Å²) < 4.78 is 62.9. The second-order valence-electron chi connectivity index (χ2n) is 3.80. The smallest absolute Gasteiger partial charge is 0.281 e. The molecule has 0 aromatic heterocycles. The van der Waals surface area contributed by atoms with Gasteiger partial charge in [0, 0.05) is 12.1 Å². The van der Waals surface area contributed by atoms with E-state index in [0.29, 0.717) is 18.2 Å². The number of carbonyl (C=O) groups excluding carboxylic acids is 1. The summed E-state index contributed by atoms with van der Waals surface area (Å²) in [5, 5.41) is 20.7. The molecule has 0 fully saturated rings. The van der Waals surface area contributed by atoms with Crippen LogP contribution in [0.4, 0.5) is 33.3 Å². The maximum absolute atomic E-state index is 13.3. The Kier molecular flexibility index (Phi) is 4.78. The molecule has 1 aromatic rings. The Balaban J connectivity index is 3.13. The average molecular weight is 314 g/mol. The molecule has 0 spiro atoms. The molecule has 0 aliphatic carbocycles. The van der Waals surface area contributed by atoms with E-state index >= 15 is 0 Å². The molecule has 1 aromatic carbocycles. The molecule has 0 bridgehead atoms. The molecular formula is C10H7F5N2O4. The number of alkyl halides is 4. The Morgan fingerprint density at radius 3 is 2.24 bits per heavy atom. The molecular weight excluding hydrogens is 307 g/mol. The molecule has 0 radical (unpaired) electrons. The summed E-state index contributed by atoms with van der Waals surface area (Å²) >= 11 is 0. The van der Waals surface area contributed by atoms with Crippen molar-refractivity contribution in [1.29, 1.82) is 0 Å². The van der Waals surface area contributed by atoms with E-state index in [9.17, 15) is 36.9 Å². The van der Waals surface area contributed by atoms with Gasteiger partial charge >= 0.3 is 0 Å². The van der Waals surface area contributed by atoms with Crippen molar-refractivity contribution in [3.8, 4) is 0 Å². The van der Waals surface area contributed by atoms with E-state index in [1.165, 1.54) is 5.32 Å². The molecule has 0 atom stereocenters. The Bertz CT molecular complexity index is 558. The van der Waals surface area contributed by atoms with Crippen LogP contribution >= 0.6 is 0 Å². The van der Waals surface area contributed by atoms with Crippen LogP contribution in [-0.4, -0.2) is 34.4 Å². The number of nitro groups is 1. The van der Waals surface area contributed by atoms with Crippen LogP contribution in [0.5, 0.6) is 0 Å². The molecule has 0 saturated heterocycles. The highest BCUT2D eigenvalue weighted by Crippen LogP contribution is 2.28. The molecule has 1 rings (SSSR count). The summed E-state index contributed by atoms with van der Waals surface area (Å²) in [6, 6.07) is 1.67. The van der Waals surface area contributed by atoms with Gasteiger partial charge in [0.15, 0.2) is 0 Å². The highest BCUT2D eigenvalue weighted by atomic mass is 19.3. The Hall–Kier alpha value is -2.30. The first-order valence-corrected chi connectivity index (χ1v) is 5.14. The van der Waals surface area contributed by atoms with Crippen molar-refractivity contribution in [3.63, 3.8) is 0 Å². The lowest BCUT2D eigenvalue weighted by Crippen LogP contribution is -2.54. The van der Waals surface area contributed by atoms with Gasteiger partial charge < -0.3 is 10.4 Å². The average Bonchev–Trinajstić information content (AvgIpc) is 2.39. The summed E-state index contributed by atoms with van der Waals surface area (Å²) in [6.45, 7) is 0. The second-order valence-corrected chi connectivity index (χ2v) is 3.80. The van der Waals surface area contributed by atoms with E-state index in [1.807, 2.05) is 0 Å². The zero-order valence-electron chi connectivity index (χ0n) is 9.90. The second kappa shape index (κ2) is 5.99. The number of non-ortho nitro benzene ring substituents is 1. The van der Waals surface area contributed by atoms with E-state index < -0.39 is 46.5 Å². The first-order valence-electron chi connectivity index (χ1n) is 5.14. The predicted molar refractivity (Wildman–Crippen MR) is 58.6 cm³/mol. The summed E-state index contributed by atoms with van der Waals surface area (Å²) in [6.07, 6.45) is -8.31. The van der Waals surface area contributed by atoms with Crippen molar-refractivity contribution in [3.05, 3.63) is 34.1 Å². The van der Waals surface area contributed by atoms with E-state index in [4.69, 9.17) is 5.11 Å². The maximum Gasteiger partial charge on any atom is 0.281 e. The van der Waals surface area contributed by atoms with Crippen LogP contribution < -0.4 is 5.32 Å². The summed E-state index contributed by atoms with van der Waals surface area (Å²) in [7, 11) is 0. The van der Waals surface area contributed by atoms with Gasteiger partial charge in [-0.3, -0.25) is 14.9 Å². The molecule has 6 nitrogen and oxygen atoms in total. The van der Waals surface area contributed by atoms with Gasteiger partial charge in [-0.1, -0.05) is 0 Å². The van der Waals surface area contributed by atoms with Crippen LogP contribution in [0.3, 0.4) is 0 Å². The van der Waals surface area contributed by atoms with Crippen LogP contribution in [0.2, 0.25) is 0 Å². The zero-order chi connectivity index (χ0) is 16.4. The molecule has 0 aliphatic heterocycles. The number of amides is 1. The van der Waals surface area contributed by atoms with Gasteiger partial charge in [-0.15, -0.1) is 0 Å². The molecule has 1 amide bonds. The minimum absolute atomic E-state index is 0.435. The molecule has 2 N–H and O–H groups in total. The Labute approximate surface area is 113 Å². The van der Waals surface area contributed by atoms with E-state index in [2.05, 4.69) is 0 Å². The van der Waals surface area contributed by atoms with Gasteiger partial charge in [-0.25, -0.2) is 22.0 Å². The molecule has 0 saturated carbocycles. The van der Waals surface area contributed by atoms with Crippen molar-refractivity contribution < 1.29 is 36.8 Å². The van der Waals surface area contributed by atoms with Crippen LogP contribution in [0.25, 0.3) is 0 Å². The number of anilines is 1. The monoisotopic (exact) mass is 314 g/mol. The van der Waals surface area contributed by atoms with Crippen molar-refractivity contribution >= 4 is 17.3 Å². The predicted octanol–water partition coefficient (Wildman–Crippen LogP) is 1.93. The van der Waals surface area contributed by atoms with Gasteiger partial charge in [-0.05, 0) is 6.07 Å². The van der Waals surface area contributed by atoms with Gasteiger partial charge in [0.05, 0.1) is 10.6 Å². The lowest BCUT2D eigenvalue weighted by atomic mass is 10.0. The first-order chi connectivity index (χ1) is 9.60. The van der Waals surface area contributed by atoms with Crippen LogP contribution in [0.15, 0.2) is 18.2 Å². The number of nitrogens with zero attached hydrogens (tertiary/aromatic N) is 1. The number of rotatable bonds is 5. The number of nitrogens with one attached hydrogen (secondary N) is 1. The third kappa shape index (κ3) is 3.24. The third-order valence-electron chi connectivity index (χ3n) is 2.44. The van der Waals surface area contributed by atoms with Gasteiger partial charge in [0.2, 0.25) is 0 Å². The number of halogens is 5. The number of benzene rings is 1. The normalized spacial score (nSPS) is 11.8. The highest BCUT2D eigenvalue weighted by molar-refractivity contribution is 5.98. The maximum atomic E-state index is 13.3. The zero-order valence-corrected chi connectivity index (χ0v) is 9.90. The number of carbonyl (C=O) groups is 1. The lowest BCUT2D eigenvalue weighted by molar-refractivity contribution is -0.384. The number of hydrogen-bond donors (Lipinski definition) is 2. The van der Waals surface area contributed by atoms with E-state index in [0.717, 1.165) is 0 Å². The molecule has 0 unspecified atom stereocenters. The summed E-state index contributed by atoms with van der Waals surface area (Å²) in [5.41, 5.74) is -6.07. The van der Waals surface area contributed by atoms with Crippen molar-refractivity contribution in [2.24, 2.45) is 0 Å². The van der Waals surface area contributed by atoms with Crippen molar-refractivity contribution in [1.82, 2.24) is 0 Å². The fourth-order valence-electron chi connectivity index (χ4n) is 1.24. The van der Waals surface area contributed by atoms with E-state index in [-0.39, 0.29) is 0 Å². The topological polar surface area (TPSA) is 92.5 Å². The molecule has 0 aliphatic rings. The molecule has 11 heteroatoms. The number of hydrogen-bond acceptors (Lipinski definition) is 4. The van der Waals surface area contributed by atoms with Crippen molar-refractivity contribution in [2.45, 2.75) is 18.5 Å². The van der Waals surface area contributed by atoms with Gasteiger partial charge in [-0.2, -0.15) is 0 Å². The minimum atomic E-state index is -4.36. The first kappa shape index (κ1) is 16.8. The molecule has 116 valence electrons. The minimum Gasteiger partial charge on any atom is -0.371 e. The quantitative estimate of drug-likeness (QED) is 0.493. The Morgan fingerprint density at radius 1 is 1.29 bits per heavy atom. The summed E-state index contributed by atoms with van der Waals surface area (Å²) in [5.74, 6) is -3.58. The van der Waals surface area contributed by atoms with Crippen LogP contribution in [-0.2, 0) is 4.79 Å². The van der Waals surface area contributed by atoms with Crippen molar-refractivity contribution in [2.75, 3.05) is 5.32 Å². The molecule has 0 heterocycles. The fourth-order valence-corrected chi connectivity index (χ4v) is 1.24. The lowest BCUT2D eigenvalue weighted by Gasteiger charge is -2.24. The van der Waals surface area contributed by atoms with Gasteiger partial charge in [0.25, 0.3) is 30.0 Å². The standard InChI is InChI=1S/C10H7F5N2O4/c11-5-2-1-4(17(20)21)3-6(5)16-9(18)10(19,7(12)13)8(14)15/h1-3,7-8,19H,(H,16,18). The number of aliphatic hydroxyl groups is 1. The SMILES string of the molecule is O=C(Nc1cc([N+](=O)[O-])ccc1F)C(O)(C(F)F)C(F)F.